The van der Waals surface area contributed by atoms with E-state index in [0.29, 0.717) is 23.8 Å². The van der Waals surface area contributed by atoms with Gasteiger partial charge in [-0.05, 0) is 31.4 Å². The van der Waals surface area contributed by atoms with Gasteiger partial charge >= 0.3 is 0 Å². The fourth-order valence-electron chi connectivity index (χ4n) is 1.71. The molecule has 0 spiro atoms. The largest absolute Gasteiger partial charge is 0.389 e. The van der Waals surface area contributed by atoms with E-state index in [1.165, 1.54) is 0 Å². The van der Waals surface area contributed by atoms with E-state index in [0.717, 1.165) is 5.56 Å². The molecule has 20 heavy (non-hydrogen) atoms. The SMILES string of the molecule is Cc1ccnc(NC(C)C(=O)NCC(C)C)c1C(N)=S. The maximum Gasteiger partial charge on any atom is 0.242 e. The first-order valence-corrected chi connectivity index (χ1v) is 7.03. The average molecular weight is 294 g/mol. The summed E-state index contributed by atoms with van der Waals surface area (Å²) in [5, 5.41) is 5.94. The van der Waals surface area contributed by atoms with Crippen molar-refractivity contribution in [2.45, 2.75) is 33.7 Å². The predicted octanol–water partition coefficient (Wildman–Crippen LogP) is 1.60. The van der Waals surface area contributed by atoms with Gasteiger partial charge in [-0.1, -0.05) is 26.1 Å². The Morgan fingerprint density at radius 2 is 2.10 bits per heavy atom. The highest BCUT2D eigenvalue weighted by molar-refractivity contribution is 7.80. The van der Waals surface area contributed by atoms with Crippen LogP contribution in [0, 0.1) is 12.8 Å². The molecule has 5 nitrogen and oxygen atoms in total. The minimum Gasteiger partial charge on any atom is -0.389 e. The first-order chi connectivity index (χ1) is 9.32. The summed E-state index contributed by atoms with van der Waals surface area (Å²) in [5.41, 5.74) is 7.34. The molecule has 6 heteroatoms. The number of thiocarbonyl (C=S) groups is 1. The predicted molar refractivity (Wildman–Crippen MR) is 85.8 cm³/mol. The minimum absolute atomic E-state index is 0.0732. The van der Waals surface area contributed by atoms with Crippen LogP contribution in [-0.4, -0.2) is 28.5 Å². The number of pyridine rings is 1. The maximum atomic E-state index is 12.0. The van der Waals surface area contributed by atoms with E-state index in [4.69, 9.17) is 18.0 Å². The number of carbonyl (C=O) groups is 1. The molecular weight excluding hydrogens is 272 g/mol. The number of amides is 1. The molecular formula is C14H22N4OS. The molecule has 4 N–H and O–H groups in total. The van der Waals surface area contributed by atoms with Crippen LogP contribution in [0.15, 0.2) is 12.3 Å². The summed E-state index contributed by atoms with van der Waals surface area (Å²) in [5.74, 6) is 0.885. The Balaban J connectivity index is 2.80. The quantitative estimate of drug-likeness (QED) is 0.694. The van der Waals surface area contributed by atoms with Crippen molar-refractivity contribution in [3.8, 4) is 0 Å². The van der Waals surface area contributed by atoms with Gasteiger partial charge in [0, 0.05) is 12.7 Å². The third-order valence-electron chi connectivity index (χ3n) is 2.84. The van der Waals surface area contributed by atoms with Gasteiger partial charge in [-0.2, -0.15) is 0 Å². The number of aryl methyl sites for hydroxylation is 1. The summed E-state index contributed by atoms with van der Waals surface area (Å²) >= 11 is 5.04. The normalized spacial score (nSPS) is 12.1. The first kappa shape index (κ1) is 16.4. The molecule has 110 valence electrons. The van der Waals surface area contributed by atoms with Gasteiger partial charge in [0.25, 0.3) is 0 Å². The highest BCUT2D eigenvalue weighted by atomic mass is 32.1. The lowest BCUT2D eigenvalue weighted by molar-refractivity contribution is -0.121. The van der Waals surface area contributed by atoms with Crippen molar-refractivity contribution < 1.29 is 4.79 Å². The van der Waals surface area contributed by atoms with Crippen LogP contribution in [0.4, 0.5) is 5.82 Å². The maximum absolute atomic E-state index is 12.0. The number of hydrogen-bond donors (Lipinski definition) is 3. The van der Waals surface area contributed by atoms with Crippen LogP contribution in [0.3, 0.4) is 0 Å². The second-order valence-corrected chi connectivity index (χ2v) is 5.66. The van der Waals surface area contributed by atoms with Crippen molar-refractivity contribution in [3.05, 3.63) is 23.4 Å². The molecule has 1 rings (SSSR count). The van der Waals surface area contributed by atoms with E-state index in [1.807, 2.05) is 26.8 Å². The first-order valence-electron chi connectivity index (χ1n) is 6.62. The van der Waals surface area contributed by atoms with Gasteiger partial charge in [-0.15, -0.1) is 0 Å². The lowest BCUT2D eigenvalue weighted by atomic mass is 10.1. The van der Waals surface area contributed by atoms with Crippen molar-refractivity contribution >= 4 is 28.9 Å². The molecule has 0 aliphatic heterocycles. The zero-order valence-electron chi connectivity index (χ0n) is 12.4. The molecule has 1 amide bonds. The fourth-order valence-corrected chi connectivity index (χ4v) is 1.96. The monoisotopic (exact) mass is 294 g/mol. The molecule has 1 heterocycles. The summed E-state index contributed by atoms with van der Waals surface area (Å²) in [6, 6.07) is 1.43. The second-order valence-electron chi connectivity index (χ2n) is 5.22. The molecule has 0 aliphatic carbocycles. The van der Waals surface area contributed by atoms with Crippen LogP contribution in [0.1, 0.15) is 31.9 Å². The Bertz CT molecular complexity index is 502. The minimum atomic E-state index is -0.406. The Labute approximate surface area is 125 Å². The lowest BCUT2D eigenvalue weighted by Gasteiger charge is -2.18. The van der Waals surface area contributed by atoms with Crippen LogP contribution >= 0.6 is 12.2 Å². The van der Waals surface area contributed by atoms with Crippen LogP contribution in [0.2, 0.25) is 0 Å². The van der Waals surface area contributed by atoms with Crippen molar-refractivity contribution in [1.82, 2.24) is 10.3 Å². The summed E-state index contributed by atoms with van der Waals surface area (Å²) < 4.78 is 0. The van der Waals surface area contributed by atoms with E-state index in [9.17, 15) is 4.79 Å². The highest BCUT2D eigenvalue weighted by Gasteiger charge is 2.17. The van der Waals surface area contributed by atoms with E-state index >= 15 is 0 Å². The zero-order valence-corrected chi connectivity index (χ0v) is 13.2. The average Bonchev–Trinajstić information content (AvgIpc) is 2.35. The Morgan fingerprint density at radius 1 is 1.45 bits per heavy atom. The molecule has 0 saturated heterocycles. The molecule has 1 aromatic heterocycles. The topological polar surface area (TPSA) is 80.0 Å². The van der Waals surface area contributed by atoms with Crippen molar-refractivity contribution in [2.24, 2.45) is 11.7 Å². The second kappa shape index (κ2) is 7.19. The standard InChI is InChI=1S/C14H22N4OS/c1-8(2)7-17-14(19)10(4)18-13-11(12(15)20)9(3)5-6-16-13/h5-6,8,10H,7H2,1-4H3,(H2,15,20)(H,16,18)(H,17,19). The number of hydrogen-bond acceptors (Lipinski definition) is 4. The van der Waals surface area contributed by atoms with Gasteiger partial charge < -0.3 is 16.4 Å². The smallest absolute Gasteiger partial charge is 0.242 e. The van der Waals surface area contributed by atoms with Crippen LogP contribution < -0.4 is 16.4 Å². The number of nitrogens with zero attached hydrogens (tertiary/aromatic N) is 1. The van der Waals surface area contributed by atoms with E-state index in [-0.39, 0.29) is 10.9 Å². The lowest BCUT2D eigenvalue weighted by Crippen LogP contribution is -2.39. The number of carbonyl (C=O) groups excluding carboxylic acids is 1. The Morgan fingerprint density at radius 3 is 2.65 bits per heavy atom. The summed E-state index contributed by atoms with van der Waals surface area (Å²) in [6.07, 6.45) is 1.66. The van der Waals surface area contributed by atoms with E-state index in [1.54, 1.807) is 13.1 Å². The number of nitrogens with two attached hydrogens (primary N) is 1. The van der Waals surface area contributed by atoms with Crippen molar-refractivity contribution in [2.75, 3.05) is 11.9 Å². The highest BCUT2D eigenvalue weighted by Crippen LogP contribution is 2.17. The molecule has 1 aromatic rings. The van der Waals surface area contributed by atoms with Gasteiger partial charge in [0.1, 0.15) is 16.8 Å². The van der Waals surface area contributed by atoms with Gasteiger partial charge in [0.2, 0.25) is 5.91 Å². The number of rotatable bonds is 6. The van der Waals surface area contributed by atoms with Crippen LogP contribution in [-0.2, 0) is 4.79 Å². The van der Waals surface area contributed by atoms with Crippen molar-refractivity contribution in [3.63, 3.8) is 0 Å². The Kier molecular flexibility index (Phi) is 5.88. The number of aromatic nitrogens is 1. The van der Waals surface area contributed by atoms with Gasteiger partial charge in [0.05, 0.1) is 5.56 Å². The molecule has 0 aromatic carbocycles. The number of anilines is 1. The third-order valence-corrected chi connectivity index (χ3v) is 3.04. The molecule has 0 bridgehead atoms. The third kappa shape index (κ3) is 4.45. The van der Waals surface area contributed by atoms with Crippen LogP contribution in [0.5, 0.6) is 0 Å². The van der Waals surface area contributed by atoms with Crippen LogP contribution in [0.25, 0.3) is 0 Å². The molecule has 0 aliphatic rings. The molecule has 0 fully saturated rings. The number of nitrogens with one attached hydrogen (secondary N) is 2. The van der Waals surface area contributed by atoms with Gasteiger partial charge in [-0.3, -0.25) is 4.79 Å². The summed E-state index contributed by atoms with van der Waals surface area (Å²) in [7, 11) is 0. The van der Waals surface area contributed by atoms with E-state index in [2.05, 4.69) is 15.6 Å². The molecule has 0 saturated carbocycles. The molecule has 1 unspecified atom stereocenters. The van der Waals surface area contributed by atoms with Crippen molar-refractivity contribution in [1.29, 1.82) is 0 Å². The van der Waals surface area contributed by atoms with Gasteiger partial charge in [-0.25, -0.2) is 4.98 Å². The molecule has 0 radical (unpaired) electrons. The van der Waals surface area contributed by atoms with Gasteiger partial charge in [0.15, 0.2) is 0 Å². The summed E-state index contributed by atoms with van der Waals surface area (Å²) in [4.78, 5) is 16.4. The van der Waals surface area contributed by atoms with E-state index < -0.39 is 6.04 Å². The fraction of sp³-hybridized carbons (Fsp3) is 0.500. The Hall–Kier alpha value is -1.69. The zero-order chi connectivity index (χ0) is 15.3. The summed E-state index contributed by atoms with van der Waals surface area (Å²) in [6.45, 7) is 8.43. The molecule has 1 atom stereocenters.